The molecule has 4 nitrogen and oxygen atoms in total. The number of hydrogen-bond donors (Lipinski definition) is 1. The molecule has 1 N–H and O–H groups in total. The Hall–Kier alpha value is -1.60. The molecule has 1 aromatic heterocycles. The smallest absolute Gasteiger partial charge is 0.163 e. The van der Waals surface area contributed by atoms with Crippen molar-refractivity contribution in [2.75, 3.05) is 24.6 Å². The fourth-order valence-corrected chi connectivity index (χ4v) is 1.48. The van der Waals surface area contributed by atoms with Crippen LogP contribution in [-0.2, 0) is 0 Å². The van der Waals surface area contributed by atoms with Crippen LogP contribution in [0.25, 0.3) is 0 Å². The molecule has 0 amide bonds. The highest BCUT2D eigenvalue weighted by molar-refractivity contribution is 5.55. The van der Waals surface area contributed by atoms with Gasteiger partial charge in [0.05, 0.1) is 12.3 Å². The van der Waals surface area contributed by atoms with Gasteiger partial charge in [-0.3, -0.25) is 0 Å². The summed E-state index contributed by atoms with van der Waals surface area (Å²) in [5.41, 5.74) is 1.22. The number of aliphatic hydroxyl groups is 1. The quantitative estimate of drug-likeness (QED) is 0.783. The maximum absolute atomic E-state index is 8.94. The molecule has 0 unspecified atom stereocenters. The van der Waals surface area contributed by atoms with Gasteiger partial charge in [0, 0.05) is 19.3 Å². The zero-order valence-electron chi connectivity index (χ0n) is 8.85. The number of aromatic nitrogens is 1. The molecule has 0 fully saturated rings. The third kappa shape index (κ3) is 2.93. The van der Waals surface area contributed by atoms with E-state index < -0.39 is 0 Å². The van der Waals surface area contributed by atoms with Crippen molar-refractivity contribution >= 4 is 5.69 Å². The average Bonchev–Trinajstić information content (AvgIpc) is 2.29. The summed E-state index contributed by atoms with van der Waals surface area (Å²) in [5, 5.41) is 17.8. The minimum atomic E-state index is 0.0831. The van der Waals surface area contributed by atoms with Gasteiger partial charge in [-0.15, -0.1) is 0 Å². The van der Waals surface area contributed by atoms with Gasteiger partial charge in [0.15, 0.2) is 5.69 Å². The van der Waals surface area contributed by atoms with Crippen LogP contribution in [0.2, 0.25) is 0 Å². The van der Waals surface area contributed by atoms with Crippen LogP contribution in [0, 0.1) is 11.3 Å². The molecule has 1 rings (SSSR count). The molecule has 0 aliphatic rings. The predicted octanol–water partition coefficient (Wildman–Crippen LogP) is 1.16. The maximum Gasteiger partial charge on any atom is 0.163 e. The SMILES string of the molecule is CCCN(CCO)c1cccnc1C#N. The van der Waals surface area contributed by atoms with Crippen LogP contribution in [0.5, 0.6) is 0 Å². The van der Waals surface area contributed by atoms with Gasteiger partial charge >= 0.3 is 0 Å². The van der Waals surface area contributed by atoms with E-state index in [-0.39, 0.29) is 6.61 Å². The van der Waals surface area contributed by atoms with Crippen LogP contribution < -0.4 is 4.90 Å². The van der Waals surface area contributed by atoms with Gasteiger partial charge in [-0.25, -0.2) is 4.98 Å². The Balaban J connectivity index is 2.94. The van der Waals surface area contributed by atoms with Crippen molar-refractivity contribution in [3.05, 3.63) is 24.0 Å². The normalized spacial score (nSPS) is 9.67. The first-order chi connectivity index (χ1) is 7.33. The third-order valence-electron chi connectivity index (χ3n) is 2.10. The highest BCUT2D eigenvalue weighted by atomic mass is 16.3. The van der Waals surface area contributed by atoms with Crippen LogP contribution in [0.4, 0.5) is 5.69 Å². The van der Waals surface area contributed by atoms with Gasteiger partial charge in [0.1, 0.15) is 6.07 Å². The molecule has 0 atom stereocenters. The number of rotatable bonds is 5. The lowest BCUT2D eigenvalue weighted by Gasteiger charge is -2.23. The first-order valence-corrected chi connectivity index (χ1v) is 5.04. The van der Waals surface area contributed by atoms with E-state index in [9.17, 15) is 0 Å². The largest absolute Gasteiger partial charge is 0.395 e. The van der Waals surface area contributed by atoms with Gasteiger partial charge in [0.25, 0.3) is 0 Å². The maximum atomic E-state index is 8.94. The molecule has 0 aliphatic heterocycles. The van der Waals surface area contributed by atoms with Crippen LogP contribution in [0.15, 0.2) is 18.3 Å². The van der Waals surface area contributed by atoms with E-state index in [0.717, 1.165) is 18.7 Å². The molecule has 0 spiro atoms. The number of nitriles is 1. The summed E-state index contributed by atoms with van der Waals surface area (Å²) >= 11 is 0. The minimum Gasteiger partial charge on any atom is -0.395 e. The molecule has 0 bridgehead atoms. The summed E-state index contributed by atoms with van der Waals surface area (Å²) in [6, 6.07) is 5.72. The predicted molar refractivity (Wildman–Crippen MR) is 58.5 cm³/mol. The number of pyridine rings is 1. The summed E-state index contributed by atoms with van der Waals surface area (Å²) in [4.78, 5) is 5.98. The molecule has 0 aliphatic carbocycles. The van der Waals surface area contributed by atoms with E-state index in [1.165, 1.54) is 0 Å². The Morgan fingerprint density at radius 1 is 1.53 bits per heavy atom. The number of nitrogens with zero attached hydrogens (tertiary/aromatic N) is 3. The zero-order valence-corrected chi connectivity index (χ0v) is 8.85. The molecule has 0 radical (unpaired) electrons. The van der Waals surface area contributed by atoms with Crippen molar-refractivity contribution in [2.45, 2.75) is 13.3 Å². The Labute approximate surface area is 89.8 Å². The molecule has 0 saturated heterocycles. The van der Waals surface area contributed by atoms with E-state index in [1.54, 1.807) is 12.3 Å². The molecule has 0 aromatic carbocycles. The molecule has 80 valence electrons. The molecular weight excluding hydrogens is 190 g/mol. The second-order valence-electron chi connectivity index (χ2n) is 3.19. The van der Waals surface area contributed by atoms with Gasteiger partial charge in [-0.1, -0.05) is 6.92 Å². The second kappa shape index (κ2) is 5.99. The second-order valence-corrected chi connectivity index (χ2v) is 3.19. The summed E-state index contributed by atoms with van der Waals surface area (Å²) < 4.78 is 0. The van der Waals surface area contributed by atoms with Crippen molar-refractivity contribution in [2.24, 2.45) is 0 Å². The van der Waals surface area contributed by atoms with Crippen LogP contribution >= 0.6 is 0 Å². The van der Waals surface area contributed by atoms with Crippen molar-refractivity contribution in [1.82, 2.24) is 4.98 Å². The van der Waals surface area contributed by atoms with E-state index in [0.29, 0.717) is 12.2 Å². The lowest BCUT2D eigenvalue weighted by atomic mass is 10.2. The van der Waals surface area contributed by atoms with Crippen LogP contribution in [0.3, 0.4) is 0 Å². The van der Waals surface area contributed by atoms with Gasteiger partial charge in [0.2, 0.25) is 0 Å². The lowest BCUT2D eigenvalue weighted by molar-refractivity contribution is 0.302. The Morgan fingerprint density at radius 2 is 2.33 bits per heavy atom. The summed E-state index contributed by atoms with van der Waals surface area (Å²) in [6.07, 6.45) is 2.57. The van der Waals surface area contributed by atoms with Crippen molar-refractivity contribution < 1.29 is 5.11 Å². The minimum absolute atomic E-state index is 0.0831. The number of aliphatic hydroxyl groups excluding tert-OH is 1. The molecular formula is C11H15N3O. The first-order valence-electron chi connectivity index (χ1n) is 5.04. The van der Waals surface area contributed by atoms with E-state index >= 15 is 0 Å². The van der Waals surface area contributed by atoms with E-state index in [4.69, 9.17) is 10.4 Å². The fraction of sp³-hybridized carbons (Fsp3) is 0.455. The van der Waals surface area contributed by atoms with E-state index in [1.807, 2.05) is 11.0 Å². The van der Waals surface area contributed by atoms with Gasteiger partial charge < -0.3 is 10.0 Å². The van der Waals surface area contributed by atoms with Crippen LogP contribution in [-0.4, -0.2) is 29.8 Å². The fourth-order valence-electron chi connectivity index (χ4n) is 1.48. The van der Waals surface area contributed by atoms with Gasteiger partial charge in [-0.05, 0) is 18.6 Å². The Kier molecular flexibility index (Phi) is 4.58. The number of anilines is 1. The highest BCUT2D eigenvalue weighted by Gasteiger charge is 2.09. The molecule has 1 aromatic rings. The molecule has 15 heavy (non-hydrogen) atoms. The van der Waals surface area contributed by atoms with Crippen molar-refractivity contribution in [1.29, 1.82) is 5.26 Å². The number of hydrogen-bond acceptors (Lipinski definition) is 4. The monoisotopic (exact) mass is 205 g/mol. The highest BCUT2D eigenvalue weighted by Crippen LogP contribution is 2.17. The Bertz CT molecular complexity index is 340. The summed E-state index contributed by atoms with van der Waals surface area (Å²) in [5.74, 6) is 0. The van der Waals surface area contributed by atoms with E-state index in [2.05, 4.69) is 18.0 Å². The lowest BCUT2D eigenvalue weighted by Crippen LogP contribution is -2.28. The standard InChI is InChI=1S/C11H15N3O/c1-2-6-14(7-8-15)11-4-3-5-13-10(11)9-12/h3-5,15H,2,6-8H2,1H3. The zero-order chi connectivity index (χ0) is 11.1. The molecule has 1 heterocycles. The summed E-state index contributed by atoms with van der Waals surface area (Å²) in [6.45, 7) is 3.50. The van der Waals surface area contributed by atoms with Crippen molar-refractivity contribution in [3.8, 4) is 6.07 Å². The molecule has 4 heteroatoms. The van der Waals surface area contributed by atoms with Crippen molar-refractivity contribution in [3.63, 3.8) is 0 Å². The van der Waals surface area contributed by atoms with Crippen LogP contribution in [0.1, 0.15) is 19.0 Å². The topological polar surface area (TPSA) is 60.1 Å². The third-order valence-corrected chi connectivity index (χ3v) is 2.10. The Morgan fingerprint density at radius 3 is 2.93 bits per heavy atom. The summed E-state index contributed by atoms with van der Waals surface area (Å²) in [7, 11) is 0. The average molecular weight is 205 g/mol. The van der Waals surface area contributed by atoms with Gasteiger partial charge in [-0.2, -0.15) is 5.26 Å². The molecule has 0 saturated carbocycles. The first kappa shape index (κ1) is 11.5.